The number of hydrogen-bond acceptors (Lipinski definition) is 4. The van der Waals surface area contributed by atoms with Crippen LogP contribution in [0.5, 0.6) is 0 Å². The molecule has 0 saturated carbocycles. The van der Waals surface area contributed by atoms with Gasteiger partial charge < -0.3 is 15.5 Å². The first-order chi connectivity index (χ1) is 7.31. The Balaban J connectivity index is 0.00000128. The smallest absolute Gasteiger partial charge is 0.191 e. The average molecular weight is 353 g/mol. The number of piperazine rings is 1. The van der Waals surface area contributed by atoms with Crippen molar-refractivity contribution in [2.75, 3.05) is 38.1 Å². The second-order valence-electron chi connectivity index (χ2n) is 3.37. The third-order valence-electron chi connectivity index (χ3n) is 2.52. The quantitative estimate of drug-likeness (QED) is 0.462. The molecule has 0 aliphatic carbocycles. The van der Waals surface area contributed by atoms with Gasteiger partial charge >= 0.3 is 0 Å². The molecule has 1 fully saturated rings. The molecular weight excluding hydrogens is 337 g/mol. The highest BCUT2D eigenvalue weighted by Crippen LogP contribution is 2.18. The van der Waals surface area contributed by atoms with Crippen LogP contribution >= 0.6 is 35.3 Å². The molecule has 1 aliphatic rings. The molecule has 90 valence electrons. The van der Waals surface area contributed by atoms with Crippen LogP contribution in [0.15, 0.2) is 16.6 Å². The summed E-state index contributed by atoms with van der Waals surface area (Å²) in [5.74, 6) is 0.633. The molecule has 0 amide bonds. The van der Waals surface area contributed by atoms with E-state index in [1.54, 1.807) is 18.4 Å². The zero-order valence-corrected chi connectivity index (χ0v) is 12.3. The van der Waals surface area contributed by atoms with Gasteiger partial charge in [-0.05, 0) is 0 Å². The number of anilines is 1. The van der Waals surface area contributed by atoms with Crippen molar-refractivity contribution in [3.8, 4) is 0 Å². The lowest BCUT2D eigenvalue weighted by Crippen LogP contribution is -2.51. The fourth-order valence-electron chi connectivity index (χ4n) is 1.64. The Labute approximate surface area is 116 Å². The summed E-state index contributed by atoms with van der Waals surface area (Å²) in [6.45, 7) is 3.76. The number of aliphatic imine (C=N–C) groups is 1. The SMILES string of the molecule is CN=C(N)N1CCN(c2nccs2)CC1.I. The Hall–Kier alpha value is -0.570. The Bertz CT molecular complexity index is 332. The van der Waals surface area contributed by atoms with Crippen LogP contribution < -0.4 is 10.6 Å². The normalized spacial score (nSPS) is 17.2. The maximum absolute atomic E-state index is 5.76. The maximum Gasteiger partial charge on any atom is 0.191 e. The third kappa shape index (κ3) is 2.97. The van der Waals surface area contributed by atoms with Gasteiger partial charge in [0.25, 0.3) is 0 Å². The lowest BCUT2D eigenvalue weighted by Gasteiger charge is -2.34. The van der Waals surface area contributed by atoms with E-state index in [9.17, 15) is 0 Å². The summed E-state index contributed by atoms with van der Waals surface area (Å²) in [6, 6.07) is 0. The van der Waals surface area contributed by atoms with Crippen molar-refractivity contribution in [3.63, 3.8) is 0 Å². The van der Waals surface area contributed by atoms with E-state index in [0.717, 1.165) is 31.3 Å². The van der Waals surface area contributed by atoms with Crippen molar-refractivity contribution < 1.29 is 0 Å². The lowest BCUT2D eigenvalue weighted by molar-refractivity contribution is 0.381. The number of hydrogen-bond donors (Lipinski definition) is 1. The molecule has 2 N–H and O–H groups in total. The van der Waals surface area contributed by atoms with Gasteiger partial charge in [0, 0.05) is 44.8 Å². The highest BCUT2D eigenvalue weighted by atomic mass is 127. The van der Waals surface area contributed by atoms with E-state index in [-0.39, 0.29) is 24.0 Å². The molecule has 2 heterocycles. The standard InChI is InChI=1S/C9H15N5S.HI/c1-11-8(10)13-3-5-14(6-4-13)9-12-2-7-15-9;/h2,7H,3-6H2,1H3,(H2,10,11);1H. The minimum atomic E-state index is 0. The van der Waals surface area contributed by atoms with Gasteiger partial charge in [-0.25, -0.2) is 4.98 Å². The number of halogens is 1. The number of rotatable bonds is 1. The van der Waals surface area contributed by atoms with E-state index in [0.29, 0.717) is 5.96 Å². The van der Waals surface area contributed by atoms with Crippen LogP contribution in [-0.4, -0.2) is 49.1 Å². The molecule has 7 heteroatoms. The van der Waals surface area contributed by atoms with Crippen LogP contribution in [0.3, 0.4) is 0 Å². The minimum Gasteiger partial charge on any atom is -0.370 e. The van der Waals surface area contributed by atoms with Crippen LogP contribution in [0, 0.1) is 0 Å². The van der Waals surface area contributed by atoms with Crippen molar-refractivity contribution in [1.29, 1.82) is 0 Å². The summed E-state index contributed by atoms with van der Waals surface area (Å²) in [5.41, 5.74) is 5.76. The molecule has 0 bridgehead atoms. The molecule has 0 aromatic carbocycles. The predicted octanol–water partition coefficient (Wildman–Crippen LogP) is 0.828. The zero-order chi connectivity index (χ0) is 10.7. The molecule has 1 aliphatic heterocycles. The van der Waals surface area contributed by atoms with Gasteiger partial charge in [-0.2, -0.15) is 0 Å². The second-order valence-corrected chi connectivity index (χ2v) is 4.24. The Morgan fingerprint density at radius 3 is 2.62 bits per heavy atom. The van der Waals surface area contributed by atoms with Gasteiger partial charge in [0.05, 0.1) is 0 Å². The first kappa shape index (κ1) is 13.5. The molecule has 5 nitrogen and oxygen atoms in total. The monoisotopic (exact) mass is 353 g/mol. The Morgan fingerprint density at radius 1 is 1.44 bits per heavy atom. The van der Waals surface area contributed by atoms with Crippen molar-refractivity contribution in [2.45, 2.75) is 0 Å². The van der Waals surface area contributed by atoms with Gasteiger partial charge in [0.2, 0.25) is 0 Å². The molecular formula is C9H16IN5S. The highest BCUT2D eigenvalue weighted by molar-refractivity contribution is 14.0. The van der Waals surface area contributed by atoms with E-state index in [1.807, 2.05) is 11.6 Å². The molecule has 2 rings (SSSR count). The summed E-state index contributed by atoms with van der Waals surface area (Å²) in [5, 5.41) is 3.10. The van der Waals surface area contributed by atoms with Crippen molar-refractivity contribution in [2.24, 2.45) is 10.7 Å². The predicted molar refractivity (Wildman–Crippen MR) is 78.9 cm³/mol. The van der Waals surface area contributed by atoms with Crippen LogP contribution in [-0.2, 0) is 0 Å². The molecule has 1 aromatic heterocycles. The number of nitrogens with two attached hydrogens (primary N) is 1. The zero-order valence-electron chi connectivity index (χ0n) is 9.17. The summed E-state index contributed by atoms with van der Waals surface area (Å²) in [4.78, 5) is 12.7. The maximum atomic E-state index is 5.76. The fraction of sp³-hybridized carbons (Fsp3) is 0.556. The van der Waals surface area contributed by atoms with Gasteiger partial charge in [0.1, 0.15) is 0 Å². The summed E-state index contributed by atoms with van der Waals surface area (Å²) in [6.07, 6.45) is 1.84. The molecule has 1 saturated heterocycles. The number of nitrogens with zero attached hydrogens (tertiary/aromatic N) is 4. The van der Waals surface area contributed by atoms with Crippen molar-refractivity contribution in [3.05, 3.63) is 11.6 Å². The molecule has 0 radical (unpaired) electrons. The fourth-order valence-corrected chi connectivity index (χ4v) is 2.34. The molecule has 16 heavy (non-hydrogen) atoms. The first-order valence-electron chi connectivity index (χ1n) is 4.93. The Morgan fingerprint density at radius 2 is 2.12 bits per heavy atom. The van der Waals surface area contributed by atoms with Crippen molar-refractivity contribution >= 4 is 46.4 Å². The van der Waals surface area contributed by atoms with E-state index in [2.05, 4.69) is 19.8 Å². The van der Waals surface area contributed by atoms with Crippen molar-refractivity contribution in [1.82, 2.24) is 9.88 Å². The van der Waals surface area contributed by atoms with Gasteiger partial charge in [-0.15, -0.1) is 35.3 Å². The van der Waals surface area contributed by atoms with E-state index >= 15 is 0 Å². The van der Waals surface area contributed by atoms with Gasteiger partial charge in [-0.3, -0.25) is 4.99 Å². The van der Waals surface area contributed by atoms with Crippen LogP contribution in [0.25, 0.3) is 0 Å². The first-order valence-corrected chi connectivity index (χ1v) is 5.81. The number of guanidine groups is 1. The van der Waals surface area contributed by atoms with Crippen LogP contribution in [0.2, 0.25) is 0 Å². The summed E-state index contributed by atoms with van der Waals surface area (Å²) < 4.78 is 0. The minimum absolute atomic E-state index is 0. The van der Waals surface area contributed by atoms with E-state index in [4.69, 9.17) is 5.73 Å². The van der Waals surface area contributed by atoms with Gasteiger partial charge in [-0.1, -0.05) is 0 Å². The van der Waals surface area contributed by atoms with E-state index < -0.39 is 0 Å². The summed E-state index contributed by atoms with van der Waals surface area (Å²) in [7, 11) is 1.72. The van der Waals surface area contributed by atoms with Crippen LogP contribution in [0.4, 0.5) is 5.13 Å². The molecule has 1 aromatic rings. The average Bonchev–Trinajstić information content (AvgIpc) is 2.82. The topological polar surface area (TPSA) is 57.8 Å². The second kappa shape index (κ2) is 6.24. The summed E-state index contributed by atoms with van der Waals surface area (Å²) >= 11 is 1.68. The lowest BCUT2D eigenvalue weighted by atomic mass is 10.3. The largest absolute Gasteiger partial charge is 0.370 e. The van der Waals surface area contributed by atoms with Crippen LogP contribution in [0.1, 0.15) is 0 Å². The molecule has 0 spiro atoms. The Kier molecular flexibility index (Phi) is 5.26. The molecule has 0 atom stereocenters. The highest BCUT2D eigenvalue weighted by Gasteiger charge is 2.19. The van der Waals surface area contributed by atoms with Gasteiger partial charge in [0.15, 0.2) is 11.1 Å². The molecule has 0 unspecified atom stereocenters. The number of thiazole rings is 1. The third-order valence-corrected chi connectivity index (χ3v) is 3.35. The number of aromatic nitrogens is 1. The van der Waals surface area contributed by atoms with E-state index in [1.165, 1.54) is 0 Å².